The molecule has 1 atom stereocenters. The smallest absolute Gasteiger partial charge is 0.234 e. The lowest BCUT2D eigenvalue weighted by atomic mass is 9.76. The van der Waals surface area contributed by atoms with Crippen LogP contribution in [0.3, 0.4) is 0 Å². The zero-order chi connectivity index (χ0) is 30.7. The van der Waals surface area contributed by atoms with Crippen molar-refractivity contribution in [3.63, 3.8) is 0 Å². The molecule has 0 bridgehead atoms. The molecule has 2 aromatic carbocycles. The van der Waals surface area contributed by atoms with Crippen LogP contribution >= 0.6 is 23.1 Å². The molecule has 1 aliphatic carbocycles. The number of ether oxygens (including phenoxy) is 3. The highest BCUT2D eigenvalue weighted by Gasteiger charge is 2.41. The molecule has 11 nitrogen and oxygen atoms in total. The highest BCUT2D eigenvalue weighted by Crippen LogP contribution is 2.47. The largest absolute Gasteiger partial charge is 0.493 e. The number of aromatic nitrogens is 2. The van der Waals surface area contributed by atoms with E-state index in [4.69, 9.17) is 19.9 Å². The summed E-state index contributed by atoms with van der Waals surface area (Å²) in [5.41, 5.74) is 8.91. The average molecular weight is 623 g/mol. The molecule has 222 valence electrons. The number of Topliss-reactive ketones (excluding diaryl/α,β-unsaturated/α-hetero) is 1. The number of nitrogens with two attached hydrogens (primary N) is 1. The fourth-order valence-corrected chi connectivity index (χ4v) is 6.80. The van der Waals surface area contributed by atoms with Gasteiger partial charge in [0.05, 0.1) is 44.6 Å². The molecule has 43 heavy (non-hydrogen) atoms. The van der Waals surface area contributed by atoms with Gasteiger partial charge in [-0.25, -0.2) is 4.39 Å². The first-order valence-electron chi connectivity index (χ1n) is 13.1. The van der Waals surface area contributed by atoms with Crippen LogP contribution in [-0.4, -0.2) is 49.0 Å². The van der Waals surface area contributed by atoms with Gasteiger partial charge < -0.3 is 25.3 Å². The number of methoxy groups -OCH3 is 3. The van der Waals surface area contributed by atoms with Crippen molar-refractivity contribution >= 4 is 45.6 Å². The number of anilines is 2. The number of rotatable bonds is 9. The Bertz CT molecular complexity index is 1660. The lowest BCUT2D eigenvalue weighted by molar-refractivity contribution is -0.116. The first-order chi connectivity index (χ1) is 20.8. The van der Waals surface area contributed by atoms with Crippen LogP contribution in [0.5, 0.6) is 17.2 Å². The van der Waals surface area contributed by atoms with Crippen molar-refractivity contribution in [1.82, 2.24) is 10.2 Å². The number of benzene rings is 2. The molecule has 0 spiro atoms. The van der Waals surface area contributed by atoms with Crippen molar-refractivity contribution in [3.05, 3.63) is 70.4 Å². The number of amides is 1. The Morgan fingerprint density at radius 3 is 2.49 bits per heavy atom. The fraction of sp³-hybridized carbons (Fsp3) is 0.276. The van der Waals surface area contributed by atoms with Crippen LogP contribution < -0.4 is 30.2 Å². The molecule has 5 rings (SSSR count). The van der Waals surface area contributed by atoms with Crippen molar-refractivity contribution in [3.8, 4) is 23.3 Å². The molecule has 0 fully saturated rings. The molecular weight excluding hydrogens is 595 g/mol. The predicted molar refractivity (Wildman–Crippen MR) is 160 cm³/mol. The van der Waals surface area contributed by atoms with Gasteiger partial charge in [-0.2, -0.15) is 5.26 Å². The third kappa shape index (κ3) is 5.86. The van der Waals surface area contributed by atoms with Crippen LogP contribution in [0.4, 0.5) is 15.2 Å². The highest BCUT2D eigenvalue weighted by atomic mass is 32.2. The molecule has 0 saturated carbocycles. The molecule has 1 aliphatic heterocycles. The summed E-state index contributed by atoms with van der Waals surface area (Å²) in [6, 6.07) is 11.1. The molecule has 1 aromatic heterocycles. The zero-order valence-corrected chi connectivity index (χ0v) is 25.1. The van der Waals surface area contributed by atoms with Crippen molar-refractivity contribution in [2.75, 3.05) is 37.3 Å². The Kier molecular flexibility index (Phi) is 8.84. The van der Waals surface area contributed by atoms with Crippen LogP contribution in [0.1, 0.15) is 30.7 Å². The Balaban J connectivity index is 1.37. The lowest BCUT2D eigenvalue weighted by Crippen LogP contribution is -2.38. The number of hydrogen-bond acceptors (Lipinski definition) is 12. The number of hydrogen-bond donors (Lipinski definition) is 2. The molecule has 1 amide bonds. The van der Waals surface area contributed by atoms with E-state index < -0.39 is 11.7 Å². The maximum absolute atomic E-state index is 13.7. The van der Waals surface area contributed by atoms with E-state index in [0.717, 1.165) is 0 Å². The van der Waals surface area contributed by atoms with Crippen molar-refractivity contribution in [1.29, 1.82) is 5.26 Å². The van der Waals surface area contributed by atoms with E-state index in [9.17, 15) is 19.2 Å². The second-order valence-corrected chi connectivity index (χ2v) is 11.6. The van der Waals surface area contributed by atoms with Crippen LogP contribution in [-0.2, 0) is 9.59 Å². The summed E-state index contributed by atoms with van der Waals surface area (Å²) >= 11 is 2.36. The first kappa shape index (κ1) is 29.9. The molecule has 3 N–H and O–H groups in total. The van der Waals surface area contributed by atoms with Crippen molar-refractivity contribution in [2.24, 2.45) is 5.73 Å². The molecule has 0 saturated heterocycles. The Morgan fingerprint density at radius 2 is 1.86 bits per heavy atom. The van der Waals surface area contributed by atoms with E-state index >= 15 is 0 Å². The molecule has 2 heterocycles. The minimum Gasteiger partial charge on any atom is -0.493 e. The molecule has 1 unspecified atom stereocenters. The van der Waals surface area contributed by atoms with Gasteiger partial charge in [0.1, 0.15) is 11.6 Å². The summed E-state index contributed by atoms with van der Waals surface area (Å²) < 4.78 is 30.2. The minimum atomic E-state index is -0.703. The maximum atomic E-state index is 13.7. The van der Waals surface area contributed by atoms with Gasteiger partial charge in [0.25, 0.3) is 0 Å². The van der Waals surface area contributed by atoms with Gasteiger partial charge >= 0.3 is 0 Å². The zero-order valence-electron chi connectivity index (χ0n) is 23.5. The average Bonchev–Trinajstić information content (AvgIpc) is 3.48. The van der Waals surface area contributed by atoms with E-state index in [1.165, 1.54) is 56.6 Å². The van der Waals surface area contributed by atoms with E-state index in [1.54, 1.807) is 29.2 Å². The number of nitriles is 1. The third-order valence-electron chi connectivity index (χ3n) is 6.98. The Morgan fingerprint density at radius 1 is 1.16 bits per heavy atom. The number of nitrogens with zero attached hydrogens (tertiary/aromatic N) is 4. The van der Waals surface area contributed by atoms with E-state index in [1.807, 2.05) is 0 Å². The summed E-state index contributed by atoms with van der Waals surface area (Å²) in [6.45, 7) is 0. The van der Waals surface area contributed by atoms with Gasteiger partial charge in [0, 0.05) is 35.5 Å². The van der Waals surface area contributed by atoms with Gasteiger partial charge in [-0.05, 0) is 30.5 Å². The van der Waals surface area contributed by atoms with E-state index in [2.05, 4.69) is 21.6 Å². The van der Waals surface area contributed by atoms with Crippen LogP contribution in [0, 0.1) is 17.1 Å². The van der Waals surface area contributed by atoms with Gasteiger partial charge in [0.15, 0.2) is 21.6 Å². The van der Waals surface area contributed by atoms with E-state index in [-0.39, 0.29) is 28.8 Å². The predicted octanol–water partition coefficient (Wildman–Crippen LogP) is 4.74. The lowest BCUT2D eigenvalue weighted by Gasteiger charge is -2.38. The normalized spacial score (nSPS) is 16.5. The number of allylic oxidation sites excluding steroid dienone is 3. The van der Waals surface area contributed by atoms with Crippen LogP contribution in [0.2, 0.25) is 0 Å². The molecule has 14 heteroatoms. The van der Waals surface area contributed by atoms with Gasteiger partial charge in [0.2, 0.25) is 16.8 Å². The third-order valence-corrected chi connectivity index (χ3v) is 9.02. The summed E-state index contributed by atoms with van der Waals surface area (Å²) in [7, 11) is 4.47. The summed E-state index contributed by atoms with van der Waals surface area (Å²) in [6.07, 6.45) is 1.49. The number of halogens is 1. The fourth-order valence-electron chi connectivity index (χ4n) is 5.12. The topological polar surface area (TPSA) is 153 Å². The monoisotopic (exact) mass is 622 g/mol. The van der Waals surface area contributed by atoms with E-state index in [0.29, 0.717) is 68.5 Å². The van der Waals surface area contributed by atoms with Crippen molar-refractivity contribution < 1.29 is 28.2 Å². The van der Waals surface area contributed by atoms with Gasteiger partial charge in [-0.3, -0.25) is 14.5 Å². The Labute approximate surface area is 255 Å². The number of thioether (sulfide) groups is 1. The molecular formula is C29H27FN6O5S2. The standard InChI is InChI=1S/C29H27FN6O5S2/c1-39-21-11-17(12-22(40-2)26(21)41-3)33-23(38)14-42-29-35-34-28(43-29)36-19-5-4-6-20(37)25(19)24(18(13-31)27(36)32)15-7-9-16(30)10-8-15/h7-12,24H,4-6,14,32H2,1-3H3,(H,33,38). The maximum Gasteiger partial charge on any atom is 0.234 e. The summed E-state index contributed by atoms with van der Waals surface area (Å²) in [4.78, 5) is 27.6. The number of carbonyl (C=O) groups is 2. The van der Waals surface area contributed by atoms with Gasteiger partial charge in [-0.1, -0.05) is 35.2 Å². The number of nitrogens with one attached hydrogen (secondary N) is 1. The molecule has 0 radical (unpaired) electrons. The Hall–Kier alpha value is -4.61. The second-order valence-electron chi connectivity index (χ2n) is 9.47. The first-order valence-corrected chi connectivity index (χ1v) is 14.9. The second kappa shape index (κ2) is 12.7. The molecule has 2 aliphatic rings. The number of carbonyl (C=O) groups excluding carboxylic acids is 2. The molecule has 3 aromatic rings. The SMILES string of the molecule is COc1cc(NC(=O)CSc2nnc(N3C(N)=C(C#N)C(c4ccc(F)cc4)C4=C3CCCC4=O)s2)cc(OC)c1OC. The summed E-state index contributed by atoms with van der Waals surface area (Å²) in [5, 5.41) is 21.8. The minimum absolute atomic E-state index is 0.0269. The quantitative estimate of drug-likeness (QED) is 0.318. The van der Waals surface area contributed by atoms with Gasteiger partial charge in [-0.15, -0.1) is 10.2 Å². The number of ketones is 1. The van der Waals surface area contributed by atoms with Crippen LogP contribution in [0.15, 0.2) is 63.4 Å². The summed E-state index contributed by atoms with van der Waals surface area (Å²) in [5.74, 6) is -0.141. The highest BCUT2D eigenvalue weighted by molar-refractivity contribution is 8.01. The van der Waals surface area contributed by atoms with Crippen LogP contribution in [0.25, 0.3) is 0 Å². The van der Waals surface area contributed by atoms with Crippen molar-refractivity contribution in [2.45, 2.75) is 29.5 Å².